The van der Waals surface area contributed by atoms with Crippen molar-refractivity contribution in [2.75, 3.05) is 0 Å². The minimum atomic E-state index is 0.574. The largest absolute Gasteiger partial charge is 0.124 e. The predicted molar refractivity (Wildman–Crippen MR) is 53.8 cm³/mol. The van der Waals surface area contributed by atoms with Crippen molar-refractivity contribution in [1.29, 1.82) is 0 Å². The summed E-state index contributed by atoms with van der Waals surface area (Å²) < 4.78 is 0. The lowest BCUT2D eigenvalue weighted by Crippen LogP contribution is -1.73. The van der Waals surface area contributed by atoms with E-state index in [0.29, 0.717) is 5.92 Å². The van der Waals surface area contributed by atoms with Crippen molar-refractivity contribution in [3.05, 3.63) is 47.7 Å². The third kappa shape index (κ3) is 3.23. The summed E-state index contributed by atoms with van der Waals surface area (Å²) in [6.07, 6.45) is 4.06. The van der Waals surface area contributed by atoms with E-state index in [9.17, 15) is 0 Å². The summed E-state index contributed by atoms with van der Waals surface area (Å²) in [6.45, 7) is 4.29. The molecule has 0 saturated heterocycles. The highest BCUT2D eigenvalue weighted by Crippen LogP contribution is 2.00. The third-order valence-corrected chi connectivity index (χ3v) is 1.48. The van der Waals surface area contributed by atoms with Crippen LogP contribution in [-0.2, 0) is 0 Å². The van der Waals surface area contributed by atoms with E-state index in [4.69, 9.17) is 0 Å². The minimum absolute atomic E-state index is 0.574. The molecule has 0 aliphatic rings. The molecule has 0 unspecified atom stereocenters. The summed E-state index contributed by atoms with van der Waals surface area (Å²) in [6, 6.07) is 10.2. The van der Waals surface area contributed by atoms with Crippen LogP contribution in [0, 0.1) is 5.92 Å². The number of benzene rings is 1. The number of hydrogen-bond donors (Lipinski definition) is 0. The van der Waals surface area contributed by atoms with Gasteiger partial charge in [-0.15, -0.1) is 5.73 Å². The Morgan fingerprint density at radius 2 is 1.83 bits per heavy atom. The first kappa shape index (κ1) is 8.83. The predicted octanol–water partition coefficient (Wildman–Crippen LogP) is 3.51. The number of hydrogen-bond acceptors (Lipinski definition) is 0. The Labute approximate surface area is 74.2 Å². The first-order valence-corrected chi connectivity index (χ1v) is 4.26. The lowest BCUT2D eigenvalue weighted by molar-refractivity contribution is 0.834. The summed E-state index contributed by atoms with van der Waals surface area (Å²) in [7, 11) is 0. The van der Waals surface area contributed by atoms with Crippen LogP contribution >= 0.6 is 0 Å². The van der Waals surface area contributed by atoms with Gasteiger partial charge in [0.15, 0.2) is 0 Å². The van der Waals surface area contributed by atoms with Crippen molar-refractivity contribution in [1.82, 2.24) is 0 Å². The molecule has 0 aliphatic carbocycles. The normalized spacial score (nSPS) is 9.25. The van der Waals surface area contributed by atoms with Crippen LogP contribution in [0.15, 0.2) is 42.1 Å². The van der Waals surface area contributed by atoms with Gasteiger partial charge >= 0.3 is 0 Å². The molecular weight excluding hydrogens is 144 g/mol. The second-order valence-electron chi connectivity index (χ2n) is 3.13. The van der Waals surface area contributed by atoms with Gasteiger partial charge in [-0.2, -0.15) is 0 Å². The van der Waals surface area contributed by atoms with Crippen LogP contribution in [0.3, 0.4) is 0 Å². The second kappa shape index (κ2) is 4.58. The average molecular weight is 158 g/mol. The maximum Gasteiger partial charge on any atom is -0.0130 e. The fourth-order valence-electron chi connectivity index (χ4n) is 0.886. The molecule has 0 heterocycles. The molecule has 0 atom stereocenters. The first-order chi connectivity index (χ1) is 5.79. The molecule has 0 aromatic heterocycles. The van der Waals surface area contributed by atoms with Crippen molar-refractivity contribution in [3.8, 4) is 0 Å². The Kier molecular flexibility index (Phi) is 3.37. The van der Waals surface area contributed by atoms with E-state index in [1.165, 1.54) is 5.56 Å². The Bertz CT molecular complexity index is 274. The lowest BCUT2D eigenvalue weighted by atomic mass is 10.2. The molecule has 0 heteroatoms. The first-order valence-electron chi connectivity index (χ1n) is 4.26. The molecule has 0 N–H and O–H groups in total. The Morgan fingerprint density at radius 1 is 1.17 bits per heavy atom. The van der Waals surface area contributed by atoms with Crippen LogP contribution < -0.4 is 0 Å². The SMILES string of the molecule is CC(C)C=C=Cc1ccccc1. The maximum absolute atomic E-state index is 3.15. The summed E-state index contributed by atoms with van der Waals surface area (Å²) in [5.74, 6) is 0.574. The second-order valence-corrected chi connectivity index (χ2v) is 3.13. The van der Waals surface area contributed by atoms with E-state index in [2.05, 4.69) is 37.8 Å². The van der Waals surface area contributed by atoms with Crippen LogP contribution in [0.4, 0.5) is 0 Å². The maximum atomic E-state index is 3.15. The molecule has 0 amide bonds. The Balaban J connectivity index is 2.70. The average Bonchev–Trinajstić information content (AvgIpc) is 2.05. The molecule has 0 nitrogen and oxygen atoms in total. The van der Waals surface area contributed by atoms with Gasteiger partial charge in [0.05, 0.1) is 0 Å². The molecule has 0 saturated carbocycles. The standard InChI is InChI=1S/C12H14/c1-11(2)7-6-10-12-8-4-3-5-9-12/h3-5,7-11H,1-2H3. The molecule has 0 spiro atoms. The van der Waals surface area contributed by atoms with Gasteiger partial charge < -0.3 is 0 Å². The Morgan fingerprint density at radius 3 is 2.42 bits per heavy atom. The molecule has 1 rings (SSSR count). The fraction of sp³-hybridized carbons (Fsp3) is 0.250. The van der Waals surface area contributed by atoms with E-state index >= 15 is 0 Å². The number of allylic oxidation sites excluding steroid dienone is 1. The van der Waals surface area contributed by atoms with Gasteiger partial charge in [0.1, 0.15) is 0 Å². The molecule has 1 aromatic carbocycles. The zero-order valence-electron chi connectivity index (χ0n) is 7.62. The summed E-state index contributed by atoms with van der Waals surface area (Å²) in [5.41, 5.74) is 4.35. The van der Waals surface area contributed by atoms with Crippen molar-refractivity contribution in [2.24, 2.45) is 5.92 Å². The van der Waals surface area contributed by atoms with Gasteiger partial charge in [0, 0.05) is 0 Å². The van der Waals surface area contributed by atoms with Gasteiger partial charge in [-0.1, -0.05) is 44.2 Å². The summed E-state index contributed by atoms with van der Waals surface area (Å²) in [5, 5.41) is 0. The highest BCUT2D eigenvalue weighted by molar-refractivity contribution is 5.47. The van der Waals surface area contributed by atoms with Crippen molar-refractivity contribution < 1.29 is 0 Å². The molecule has 0 radical (unpaired) electrons. The Hall–Kier alpha value is -1.26. The minimum Gasteiger partial charge on any atom is -0.124 e. The van der Waals surface area contributed by atoms with Gasteiger partial charge in [0.2, 0.25) is 0 Å². The van der Waals surface area contributed by atoms with E-state index < -0.39 is 0 Å². The van der Waals surface area contributed by atoms with Gasteiger partial charge in [-0.05, 0) is 23.6 Å². The topological polar surface area (TPSA) is 0 Å². The van der Waals surface area contributed by atoms with Gasteiger partial charge in [-0.3, -0.25) is 0 Å². The molecule has 0 bridgehead atoms. The van der Waals surface area contributed by atoms with Gasteiger partial charge in [0.25, 0.3) is 0 Å². The molecule has 1 aromatic rings. The van der Waals surface area contributed by atoms with E-state index in [1.807, 2.05) is 24.3 Å². The molecule has 12 heavy (non-hydrogen) atoms. The third-order valence-electron chi connectivity index (χ3n) is 1.48. The lowest BCUT2D eigenvalue weighted by Gasteiger charge is -1.89. The zero-order valence-corrected chi connectivity index (χ0v) is 7.62. The van der Waals surface area contributed by atoms with Crippen LogP contribution in [0.25, 0.3) is 6.08 Å². The van der Waals surface area contributed by atoms with E-state index in [1.54, 1.807) is 0 Å². The van der Waals surface area contributed by atoms with Crippen LogP contribution in [0.2, 0.25) is 0 Å². The van der Waals surface area contributed by atoms with Crippen LogP contribution in [0.5, 0.6) is 0 Å². The highest BCUT2D eigenvalue weighted by atomic mass is 13.9. The fourth-order valence-corrected chi connectivity index (χ4v) is 0.886. The van der Waals surface area contributed by atoms with Crippen LogP contribution in [0.1, 0.15) is 19.4 Å². The quantitative estimate of drug-likeness (QED) is 0.578. The van der Waals surface area contributed by atoms with Crippen molar-refractivity contribution in [3.63, 3.8) is 0 Å². The molecular formula is C12H14. The molecule has 62 valence electrons. The number of rotatable bonds is 2. The summed E-state index contributed by atoms with van der Waals surface area (Å²) in [4.78, 5) is 0. The van der Waals surface area contributed by atoms with Crippen molar-refractivity contribution >= 4 is 6.08 Å². The monoisotopic (exact) mass is 158 g/mol. The summed E-state index contributed by atoms with van der Waals surface area (Å²) >= 11 is 0. The smallest absolute Gasteiger partial charge is 0.0130 e. The van der Waals surface area contributed by atoms with Crippen molar-refractivity contribution in [2.45, 2.75) is 13.8 Å². The van der Waals surface area contributed by atoms with E-state index in [-0.39, 0.29) is 0 Å². The van der Waals surface area contributed by atoms with Gasteiger partial charge in [-0.25, -0.2) is 0 Å². The molecule has 0 fully saturated rings. The highest BCUT2D eigenvalue weighted by Gasteiger charge is 1.81. The van der Waals surface area contributed by atoms with Crippen LogP contribution in [-0.4, -0.2) is 0 Å². The zero-order chi connectivity index (χ0) is 8.81. The molecule has 0 aliphatic heterocycles. The van der Waals surface area contributed by atoms with E-state index in [0.717, 1.165) is 0 Å².